The molecular formula is C37H46O4. The standard InChI is InChI=1S/C21H26O2.C15H16O2.CH4/c1-15-5-4-14-20(2,3)21(15,16-6-10-18(22)11-7-16)17-8-12-19(23)13-9-17;1-15(2,11-3-7-13(16)8-4-11)12-5-9-14(17)10-6-12;/h6-13,15,22-23H,4-5,14H2,1-3H3;3-10,16-17H,1-2H3;1H4. The predicted octanol–water partition coefficient (Wildman–Crippen LogP) is 9.29. The van der Waals surface area contributed by atoms with Gasteiger partial charge in [-0.15, -0.1) is 0 Å². The maximum atomic E-state index is 9.71. The summed E-state index contributed by atoms with van der Waals surface area (Å²) in [5, 5.41) is 38.0. The Morgan fingerprint density at radius 3 is 1.22 bits per heavy atom. The molecule has 0 radical (unpaired) electrons. The number of phenolic OH excluding ortho intramolecular Hbond substituents is 4. The van der Waals surface area contributed by atoms with Gasteiger partial charge in [0.25, 0.3) is 0 Å². The minimum absolute atomic E-state index is 0. The van der Waals surface area contributed by atoms with E-state index in [1.54, 1.807) is 48.5 Å². The lowest BCUT2D eigenvalue weighted by molar-refractivity contribution is 0.0742. The highest BCUT2D eigenvalue weighted by molar-refractivity contribution is 5.47. The molecule has 0 saturated heterocycles. The smallest absolute Gasteiger partial charge is 0.115 e. The van der Waals surface area contributed by atoms with Crippen LogP contribution < -0.4 is 0 Å². The van der Waals surface area contributed by atoms with Gasteiger partial charge in [-0.2, -0.15) is 0 Å². The van der Waals surface area contributed by atoms with Gasteiger partial charge in [0.05, 0.1) is 0 Å². The van der Waals surface area contributed by atoms with E-state index in [0.717, 1.165) is 11.1 Å². The van der Waals surface area contributed by atoms with Crippen molar-refractivity contribution in [3.8, 4) is 23.0 Å². The summed E-state index contributed by atoms with van der Waals surface area (Å²) in [5.41, 5.74) is 4.57. The van der Waals surface area contributed by atoms with Crippen LogP contribution in [0.25, 0.3) is 0 Å². The van der Waals surface area contributed by atoms with E-state index in [4.69, 9.17) is 0 Å². The van der Waals surface area contributed by atoms with E-state index in [-0.39, 0.29) is 35.2 Å². The first-order valence-electron chi connectivity index (χ1n) is 14.1. The summed E-state index contributed by atoms with van der Waals surface area (Å²) in [6, 6.07) is 29.8. The van der Waals surface area contributed by atoms with E-state index in [1.165, 1.54) is 30.4 Å². The molecule has 5 rings (SSSR count). The maximum absolute atomic E-state index is 9.71. The molecule has 1 aliphatic rings. The summed E-state index contributed by atoms with van der Waals surface area (Å²) < 4.78 is 0. The van der Waals surface area contributed by atoms with Crippen LogP contribution in [0.1, 0.15) is 83.6 Å². The number of aromatic hydroxyl groups is 4. The van der Waals surface area contributed by atoms with E-state index in [0.29, 0.717) is 17.4 Å². The molecule has 1 unspecified atom stereocenters. The second-order valence-electron chi connectivity index (χ2n) is 12.3. The lowest BCUT2D eigenvalue weighted by atomic mass is 9.48. The second-order valence-corrected chi connectivity index (χ2v) is 12.3. The molecule has 1 aliphatic carbocycles. The molecule has 1 saturated carbocycles. The van der Waals surface area contributed by atoms with Gasteiger partial charge in [0.2, 0.25) is 0 Å². The molecule has 4 heteroatoms. The van der Waals surface area contributed by atoms with E-state index in [9.17, 15) is 20.4 Å². The molecule has 4 aromatic carbocycles. The average Bonchev–Trinajstić information content (AvgIpc) is 2.91. The molecule has 0 bridgehead atoms. The number of phenols is 4. The van der Waals surface area contributed by atoms with Gasteiger partial charge in [0.1, 0.15) is 23.0 Å². The highest BCUT2D eigenvalue weighted by Crippen LogP contribution is 2.58. The zero-order valence-electron chi connectivity index (χ0n) is 24.2. The van der Waals surface area contributed by atoms with Crippen molar-refractivity contribution in [3.63, 3.8) is 0 Å². The van der Waals surface area contributed by atoms with Crippen LogP contribution in [-0.4, -0.2) is 20.4 Å². The number of benzene rings is 4. The Morgan fingerprint density at radius 2 is 0.902 bits per heavy atom. The van der Waals surface area contributed by atoms with E-state index >= 15 is 0 Å². The molecule has 0 aliphatic heterocycles. The highest BCUT2D eigenvalue weighted by Gasteiger charge is 2.52. The van der Waals surface area contributed by atoms with Crippen molar-refractivity contribution < 1.29 is 20.4 Å². The Labute approximate surface area is 246 Å². The van der Waals surface area contributed by atoms with E-state index in [2.05, 4.69) is 58.9 Å². The molecule has 0 aromatic heterocycles. The van der Waals surface area contributed by atoms with Crippen LogP contribution in [0.15, 0.2) is 97.1 Å². The fourth-order valence-electron chi connectivity index (χ4n) is 6.82. The average molecular weight is 555 g/mol. The molecule has 0 heterocycles. The van der Waals surface area contributed by atoms with Crippen molar-refractivity contribution in [3.05, 3.63) is 119 Å². The topological polar surface area (TPSA) is 80.9 Å². The second kappa shape index (κ2) is 12.3. The third-order valence-electron chi connectivity index (χ3n) is 9.07. The largest absolute Gasteiger partial charge is 0.508 e. The van der Waals surface area contributed by atoms with Gasteiger partial charge in [-0.1, -0.05) is 97.0 Å². The van der Waals surface area contributed by atoms with Crippen LogP contribution in [-0.2, 0) is 10.8 Å². The zero-order chi connectivity index (χ0) is 29.1. The molecule has 4 aromatic rings. The Morgan fingerprint density at radius 1 is 0.585 bits per heavy atom. The molecule has 4 N–H and O–H groups in total. The third kappa shape index (κ3) is 6.22. The monoisotopic (exact) mass is 554 g/mol. The van der Waals surface area contributed by atoms with Crippen LogP contribution >= 0.6 is 0 Å². The molecule has 0 spiro atoms. The van der Waals surface area contributed by atoms with Gasteiger partial charge in [-0.05, 0) is 95.0 Å². The molecule has 1 fully saturated rings. The predicted molar refractivity (Wildman–Crippen MR) is 169 cm³/mol. The number of hydrogen-bond donors (Lipinski definition) is 4. The lowest BCUT2D eigenvalue weighted by Gasteiger charge is -2.55. The first-order chi connectivity index (χ1) is 18.9. The minimum Gasteiger partial charge on any atom is -0.508 e. The Bertz CT molecular complexity index is 1290. The summed E-state index contributed by atoms with van der Waals surface area (Å²) in [7, 11) is 0. The normalized spacial score (nSPS) is 17.4. The van der Waals surface area contributed by atoms with Crippen molar-refractivity contribution in [2.75, 3.05) is 0 Å². The van der Waals surface area contributed by atoms with Crippen molar-refractivity contribution in [2.24, 2.45) is 11.3 Å². The van der Waals surface area contributed by atoms with Gasteiger partial charge in [-0.3, -0.25) is 0 Å². The van der Waals surface area contributed by atoms with Crippen molar-refractivity contribution >= 4 is 0 Å². The molecule has 1 atom stereocenters. The van der Waals surface area contributed by atoms with Crippen molar-refractivity contribution in [1.29, 1.82) is 0 Å². The van der Waals surface area contributed by atoms with Crippen LogP contribution in [0.2, 0.25) is 0 Å². The summed E-state index contributed by atoms with van der Waals surface area (Å²) in [6.45, 7) is 11.3. The lowest BCUT2D eigenvalue weighted by Crippen LogP contribution is -2.50. The summed E-state index contributed by atoms with van der Waals surface area (Å²) >= 11 is 0. The quantitative estimate of drug-likeness (QED) is 0.203. The fourth-order valence-corrected chi connectivity index (χ4v) is 6.82. The first kappa shape index (κ1) is 31.6. The SMILES string of the molecule is C.CC(C)(c1ccc(O)cc1)c1ccc(O)cc1.CC1CCCC(C)(C)C1(c1ccc(O)cc1)c1ccc(O)cc1. The Hall–Kier alpha value is -3.92. The van der Waals surface area contributed by atoms with Crippen LogP contribution in [0.4, 0.5) is 0 Å². The molecular weight excluding hydrogens is 508 g/mol. The van der Waals surface area contributed by atoms with Gasteiger partial charge >= 0.3 is 0 Å². The fraction of sp³-hybridized carbons (Fsp3) is 0.351. The van der Waals surface area contributed by atoms with E-state index < -0.39 is 0 Å². The summed E-state index contributed by atoms with van der Waals surface area (Å²) in [5.74, 6) is 1.64. The van der Waals surface area contributed by atoms with Gasteiger partial charge in [0, 0.05) is 10.8 Å². The van der Waals surface area contributed by atoms with Gasteiger partial charge in [-0.25, -0.2) is 0 Å². The molecule has 218 valence electrons. The van der Waals surface area contributed by atoms with Crippen molar-refractivity contribution in [1.82, 2.24) is 0 Å². The molecule has 41 heavy (non-hydrogen) atoms. The van der Waals surface area contributed by atoms with Crippen LogP contribution in [0, 0.1) is 11.3 Å². The Balaban J connectivity index is 0.000000230. The number of rotatable bonds is 4. The zero-order valence-corrected chi connectivity index (χ0v) is 24.2. The first-order valence-corrected chi connectivity index (χ1v) is 14.1. The maximum Gasteiger partial charge on any atom is 0.115 e. The van der Waals surface area contributed by atoms with Gasteiger partial charge < -0.3 is 20.4 Å². The van der Waals surface area contributed by atoms with Crippen LogP contribution in [0.5, 0.6) is 23.0 Å². The summed E-state index contributed by atoms with van der Waals surface area (Å²) in [4.78, 5) is 0. The number of hydrogen-bond acceptors (Lipinski definition) is 4. The minimum atomic E-state index is -0.151. The Kier molecular flexibility index (Phi) is 9.48. The van der Waals surface area contributed by atoms with Gasteiger partial charge in [0.15, 0.2) is 0 Å². The molecule has 0 amide bonds. The van der Waals surface area contributed by atoms with E-state index in [1.807, 2.05) is 24.3 Å². The van der Waals surface area contributed by atoms with Crippen LogP contribution in [0.3, 0.4) is 0 Å². The molecule has 4 nitrogen and oxygen atoms in total. The highest BCUT2D eigenvalue weighted by atomic mass is 16.3. The van der Waals surface area contributed by atoms with Crippen molar-refractivity contribution in [2.45, 2.75) is 72.1 Å². The summed E-state index contributed by atoms with van der Waals surface area (Å²) in [6.07, 6.45) is 3.59. The third-order valence-corrected chi connectivity index (χ3v) is 9.07.